The third-order valence-electron chi connectivity index (χ3n) is 7.57. The summed E-state index contributed by atoms with van der Waals surface area (Å²) in [5.41, 5.74) is 4.34. The van der Waals surface area contributed by atoms with E-state index in [2.05, 4.69) is 76.2 Å². The zero-order valence-electron chi connectivity index (χ0n) is 26.6. The Balaban J connectivity index is 1.56. The number of allylic oxidation sites excluding steroid dienone is 2. The molecule has 230 valence electrons. The summed E-state index contributed by atoms with van der Waals surface area (Å²) in [7, 11) is 2.77. The summed E-state index contributed by atoms with van der Waals surface area (Å²) in [5, 5.41) is 25.6. The second kappa shape index (κ2) is 13.8. The lowest BCUT2D eigenvalue weighted by atomic mass is 9.76. The molecule has 4 rings (SSSR count). The number of imidazole rings is 1. The molecular weight excluding hydrogens is 558 g/mol. The van der Waals surface area contributed by atoms with Crippen molar-refractivity contribution in [2.24, 2.45) is 5.41 Å². The molecule has 1 aliphatic rings. The number of amides is 1. The average molecular weight is 604 g/mol. The van der Waals surface area contributed by atoms with Gasteiger partial charge in [-0.25, -0.2) is 4.98 Å². The number of benzene rings is 1. The molecular formula is C31H45N9O2Si. The van der Waals surface area contributed by atoms with Crippen LogP contribution in [-0.2, 0) is 24.4 Å². The quantitative estimate of drug-likeness (QED) is 0.212. The number of tetrazole rings is 1. The lowest BCUT2D eigenvalue weighted by Crippen LogP contribution is -2.23. The van der Waals surface area contributed by atoms with E-state index in [1.807, 2.05) is 32.3 Å². The average Bonchev–Trinajstić information content (AvgIpc) is 3.57. The number of nitriles is 1. The summed E-state index contributed by atoms with van der Waals surface area (Å²) in [6.45, 7) is 13.7. The van der Waals surface area contributed by atoms with Crippen molar-refractivity contribution in [3.63, 3.8) is 0 Å². The van der Waals surface area contributed by atoms with Gasteiger partial charge in [0.05, 0.1) is 6.54 Å². The van der Waals surface area contributed by atoms with Crippen molar-refractivity contribution < 1.29 is 9.53 Å². The van der Waals surface area contributed by atoms with Crippen molar-refractivity contribution in [3.05, 3.63) is 58.9 Å². The fraction of sp³-hybridized carbons (Fsp3) is 0.548. The maximum absolute atomic E-state index is 13.6. The largest absolute Gasteiger partial charge is 0.361 e. The molecule has 0 fully saturated rings. The van der Waals surface area contributed by atoms with Gasteiger partial charge in [-0.05, 0) is 73.3 Å². The number of anilines is 1. The van der Waals surface area contributed by atoms with Crippen molar-refractivity contribution in [1.29, 1.82) is 5.26 Å². The molecule has 0 radical (unpaired) electrons. The van der Waals surface area contributed by atoms with Crippen LogP contribution in [0, 0.1) is 16.7 Å². The van der Waals surface area contributed by atoms with E-state index in [1.165, 1.54) is 5.57 Å². The number of nitrogens with one attached hydrogen (secondary N) is 1. The summed E-state index contributed by atoms with van der Waals surface area (Å²) >= 11 is 0. The summed E-state index contributed by atoms with van der Waals surface area (Å²) < 4.78 is 7.48. The molecule has 1 amide bonds. The van der Waals surface area contributed by atoms with E-state index in [1.54, 1.807) is 15.6 Å². The Hall–Kier alpha value is -3.66. The zero-order valence-corrected chi connectivity index (χ0v) is 27.6. The standard InChI is InChI=1S/C31H45N9O2Si/c1-31(2)12-10-24(11-13-31)26-18-23(19-28-35-37-40(36-28)15-14-38(3)4)8-9-27(26)34-30(41)29-33-25(20-32)21-39(29)22-42-16-17-43(5,6)7/h8-10,18,21H,11-17,19,22H2,1-7H3,(H,34,41). The van der Waals surface area contributed by atoms with E-state index >= 15 is 0 Å². The molecule has 2 heterocycles. The van der Waals surface area contributed by atoms with Crippen LogP contribution in [0.5, 0.6) is 0 Å². The van der Waals surface area contributed by atoms with E-state index in [0.29, 0.717) is 31.1 Å². The highest BCUT2D eigenvalue weighted by molar-refractivity contribution is 6.76. The lowest BCUT2D eigenvalue weighted by Gasteiger charge is -2.29. The molecule has 43 heavy (non-hydrogen) atoms. The number of likely N-dealkylation sites (N-methyl/N-ethyl adjacent to an activating group) is 1. The highest BCUT2D eigenvalue weighted by atomic mass is 28.3. The molecule has 1 aromatic carbocycles. The van der Waals surface area contributed by atoms with E-state index in [-0.39, 0.29) is 29.6 Å². The maximum atomic E-state index is 13.6. The van der Waals surface area contributed by atoms with Gasteiger partial charge in [-0.2, -0.15) is 10.1 Å². The monoisotopic (exact) mass is 603 g/mol. The van der Waals surface area contributed by atoms with Gasteiger partial charge in [0.2, 0.25) is 5.82 Å². The predicted molar refractivity (Wildman–Crippen MR) is 170 cm³/mol. The maximum Gasteiger partial charge on any atom is 0.291 e. The van der Waals surface area contributed by atoms with Gasteiger partial charge in [0.25, 0.3) is 5.91 Å². The molecule has 11 nitrogen and oxygen atoms in total. The summed E-state index contributed by atoms with van der Waals surface area (Å²) in [6.07, 6.45) is 7.32. The fourth-order valence-electron chi connectivity index (χ4n) is 4.78. The number of hydrogen-bond acceptors (Lipinski definition) is 8. The minimum absolute atomic E-state index is 0.150. The van der Waals surface area contributed by atoms with Gasteiger partial charge in [0, 0.05) is 45.1 Å². The molecule has 3 aromatic rings. The molecule has 0 saturated heterocycles. The summed E-state index contributed by atoms with van der Waals surface area (Å²) in [6, 6.07) is 9.10. The van der Waals surface area contributed by atoms with Crippen LogP contribution in [-0.4, -0.2) is 75.9 Å². The molecule has 0 saturated carbocycles. The second-order valence-corrected chi connectivity index (χ2v) is 19.2. The minimum atomic E-state index is -1.25. The Bertz CT molecular complexity index is 1490. The lowest BCUT2D eigenvalue weighted by molar-refractivity contribution is 0.0808. The molecule has 2 aromatic heterocycles. The van der Waals surface area contributed by atoms with Gasteiger partial charge >= 0.3 is 0 Å². The van der Waals surface area contributed by atoms with E-state index < -0.39 is 8.07 Å². The van der Waals surface area contributed by atoms with Crippen molar-refractivity contribution in [2.75, 3.05) is 32.6 Å². The van der Waals surface area contributed by atoms with Crippen molar-refractivity contribution >= 4 is 25.2 Å². The number of nitrogens with zero attached hydrogens (tertiary/aromatic N) is 8. The summed E-state index contributed by atoms with van der Waals surface area (Å²) in [4.78, 5) is 21.6. The van der Waals surface area contributed by atoms with Crippen LogP contribution in [0.15, 0.2) is 30.5 Å². The Labute approximate surface area is 255 Å². The third-order valence-corrected chi connectivity index (χ3v) is 9.28. The number of rotatable bonds is 13. The van der Waals surface area contributed by atoms with Gasteiger partial charge < -0.3 is 19.5 Å². The summed E-state index contributed by atoms with van der Waals surface area (Å²) in [5.74, 6) is 0.420. The topological polar surface area (TPSA) is 127 Å². The Kier molecular flexibility index (Phi) is 10.3. The SMILES string of the molecule is CN(C)CCn1nnc(Cc2ccc(NC(=O)c3nc(C#N)cn3COCC[Si](C)(C)C)c(C3=CCC(C)(C)CC3)c2)n1. The first kappa shape index (κ1) is 32.3. The number of carbonyl (C=O) groups excluding carboxylic acids is 1. The van der Waals surface area contributed by atoms with Crippen LogP contribution in [0.25, 0.3) is 5.57 Å². The number of ether oxygens (including phenoxy) is 1. The first-order chi connectivity index (χ1) is 20.3. The molecule has 1 aliphatic carbocycles. The Morgan fingerprint density at radius 3 is 2.72 bits per heavy atom. The molecule has 1 N–H and O–H groups in total. The van der Waals surface area contributed by atoms with Crippen molar-refractivity contribution in [3.8, 4) is 6.07 Å². The number of carbonyl (C=O) groups is 1. The van der Waals surface area contributed by atoms with Crippen LogP contribution in [0.3, 0.4) is 0 Å². The van der Waals surface area contributed by atoms with Crippen LogP contribution in [0.1, 0.15) is 66.4 Å². The zero-order chi connectivity index (χ0) is 31.2. The van der Waals surface area contributed by atoms with Crippen molar-refractivity contribution in [2.45, 2.75) is 78.5 Å². The first-order valence-electron chi connectivity index (χ1n) is 14.9. The van der Waals surface area contributed by atoms with Gasteiger partial charge in [-0.1, -0.05) is 45.6 Å². The first-order valence-corrected chi connectivity index (χ1v) is 18.6. The van der Waals surface area contributed by atoms with Crippen LogP contribution < -0.4 is 5.32 Å². The van der Waals surface area contributed by atoms with E-state index in [0.717, 1.165) is 43.0 Å². The Morgan fingerprint density at radius 2 is 2.05 bits per heavy atom. The highest BCUT2D eigenvalue weighted by Crippen LogP contribution is 2.40. The fourth-order valence-corrected chi connectivity index (χ4v) is 5.54. The number of hydrogen-bond donors (Lipinski definition) is 1. The highest BCUT2D eigenvalue weighted by Gasteiger charge is 2.25. The molecule has 0 spiro atoms. The normalized spacial score (nSPS) is 14.9. The van der Waals surface area contributed by atoms with Gasteiger partial charge in [-0.15, -0.1) is 10.2 Å². The third kappa shape index (κ3) is 9.41. The molecule has 0 atom stereocenters. The van der Waals surface area contributed by atoms with Crippen LogP contribution in [0.4, 0.5) is 5.69 Å². The Morgan fingerprint density at radius 1 is 1.26 bits per heavy atom. The van der Waals surface area contributed by atoms with Gasteiger partial charge in [-0.3, -0.25) is 4.79 Å². The smallest absolute Gasteiger partial charge is 0.291 e. The van der Waals surface area contributed by atoms with Gasteiger partial charge in [0.15, 0.2) is 11.5 Å². The van der Waals surface area contributed by atoms with E-state index in [9.17, 15) is 10.1 Å². The molecule has 0 bridgehead atoms. The predicted octanol–water partition coefficient (Wildman–Crippen LogP) is 5.05. The van der Waals surface area contributed by atoms with E-state index in [4.69, 9.17) is 4.74 Å². The van der Waals surface area contributed by atoms with Gasteiger partial charge in [0.1, 0.15) is 12.8 Å². The molecule has 0 unspecified atom stereocenters. The van der Waals surface area contributed by atoms with Crippen LogP contribution in [0.2, 0.25) is 25.7 Å². The van der Waals surface area contributed by atoms with Crippen LogP contribution >= 0.6 is 0 Å². The number of aromatic nitrogens is 6. The van der Waals surface area contributed by atoms with Crippen molar-refractivity contribution in [1.82, 2.24) is 34.7 Å². The minimum Gasteiger partial charge on any atom is -0.361 e. The second-order valence-electron chi connectivity index (χ2n) is 13.6. The molecule has 0 aliphatic heterocycles. The molecule has 12 heteroatoms.